The minimum Gasteiger partial charge on any atom is -0.405 e. The largest absolute Gasteiger partial charge is 0.573 e. The molecule has 4 fully saturated rings. The van der Waals surface area contributed by atoms with Crippen molar-refractivity contribution in [3.8, 4) is 17.0 Å². The second kappa shape index (κ2) is 6.74. The van der Waals surface area contributed by atoms with E-state index < -0.39 is 6.36 Å². The van der Waals surface area contributed by atoms with Gasteiger partial charge in [-0.2, -0.15) is 0 Å². The smallest absolute Gasteiger partial charge is 0.405 e. The molecule has 2 unspecified atom stereocenters. The number of aromatic nitrogens is 1. The first-order chi connectivity index (χ1) is 14.5. The molecule has 30 heavy (non-hydrogen) atoms. The quantitative estimate of drug-likeness (QED) is 0.570. The van der Waals surface area contributed by atoms with E-state index in [9.17, 15) is 13.2 Å². The van der Waals surface area contributed by atoms with Gasteiger partial charge in [0.05, 0.1) is 12.7 Å². The second-order valence-electron chi connectivity index (χ2n) is 9.43. The van der Waals surface area contributed by atoms with Gasteiger partial charge in [0.25, 0.3) is 0 Å². The average molecular weight is 419 g/mol. The highest BCUT2D eigenvalue weighted by atomic mass is 19.4. The molecule has 2 aromatic rings. The Labute approximate surface area is 172 Å². The lowest BCUT2D eigenvalue weighted by atomic mass is 9.43. The fourth-order valence-electron chi connectivity index (χ4n) is 6.10. The number of hydrogen-bond acceptors (Lipinski definition) is 4. The van der Waals surface area contributed by atoms with Gasteiger partial charge < -0.3 is 14.0 Å². The Kier molecular flexibility index (Phi) is 4.21. The Bertz CT molecular complexity index is 935. The average Bonchev–Trinajstić information content (AvgIpc) is 3.41. The van der Waals surface area contributed by atoms with Gasteiger partial charge >= 0.3 is 6.36 Å². The van der Waals surface area contributed by atoms with Crippen LogP contribution >= 0.6 is 0 Å². The highest BCUT2D eigenvalue weighted by molar-refractivity contribution is 5.70. The maximum atomic E-state index is 12.9. The first kappa shape index (κ1) is 18.7. The van der Waals surface area contributed by atoms with Gasteiger partial charge in [0.1, 0.15) is 17.2 Å². The Hall–Kier alpha value is -2.02. The number of alkyl halides is 3. The first-order valence-corrected chi connectivity index (χ1v) is 10.9. The van der Waals surface area contributed by atoms with E-state index in [-0.39, 0.29) is 23.3 Å². The van der Waals surface area contributed by atoms with E-state index >= 15 is 0 Å². The van der Waals surface area contributed by atoms with E-state index in [1.54, 1.807) is 12.1 Å². The molecule has 1 aromatic heterocycles. The lowest BCUT2D eigenvalue weighted by molar-refractivity contribution is -0.274. The van der Waals surface area contributed by atoms with E-state index in [0.29, 0.717) is 12.3 Å². The normalized spacial score (nSPS) is 32.2. The van der Waals surface area contributed by atoms with Gasteiger partial charge in [0, 0.05) is 17.0 Å². The van der Waals surface area contributed by atoms with Gasteiger partial charge in [-0.25, -0.2) is 0 Å². The minimum absolute atomic E-state index is 0.217. The maximum Gasteiger partial charge on any atom is 0.573 e. The summed E-state index contributed by atoms with van der Waals surface area (Å²) < 4.78 is 54.9. The van der Waals surface area contributed by atoms with E-state index in [4.69, 9.17) is 9.26 Å². The van der Waals surface area contributed by atoms with Crippen LogP contribution in [0.4, 0.5) is 13.2 Å². The SMILES string of the molecule is FC(F)(F)Oc1ccccc1-c1noc(C2CC2)c1CO[C@H]1C[C@H]2CC3C[C@@H](C1)C32. The number of nitrogens with zero attached hydrogens (tertiary/aromatic N) is 1. The summed E-state index contributed by atoms with van der Waals surface area (Å²) in [5.41, 5.74) is 1.46. The van der Waals surface area contributed by atoms with Crippen LogP contribution in [-0.4, -0.2) is 17.6 Å². The summed E-state index contributed by atoms with van der Waals surface area (Å²) in [6.07, 6.45) is 2.36. The number of hydrogen-bond donors (Lipinski definition) is 0. The minimum atomic E-state index is -4.77. The van der Waals surface area contributed by atoms with Crippen molar-refractivity contribution >= 4 is 0 Å². The molecular formula is C23H24F3NO3. The molecule has 160 valence electrons. The van der Waals surface area contributed by atoms with Crippen LogP contribution in [0.25, 0.3) is 11.3 Å². The van der Waals surface area contributed by atoms with Crippen molar-refractivity contribution in [2.45, 2.75) is 63.5 Å². The molecule has 4 aliphatic carbocycles. The van der Waals surface area contributed by atoms with Crippen LogP contribution < -0.4 is 4.74 Å². The van der Waals surface area contributed by atoms with Crippen molar-refractivity contribution in [2.75, 3.05) is 0 Å². The monoisotopic (exact) mass is 419 g/mol. The van der Waals surface area contributed by atoms with Crippen molar-refractivity contribution in [1.82, 2.24) is 5.16 Å². The van der Waals surface area contributed by atoms with Gasteiger partial charge in [0.15, 0.2) is 0 Å². The third-order valence-corrected chi connectivity index (χ3v) is 7.57. The van der Waals surface area contributed by atoms with Crippen LogP contribution in [0.15, 0.2) is 28.8 Å². The van der Waals surface area contributed by atoms with Gasteiger partial charge in [-0.3, -0.25) is 0 Å². The Balaban J connectivity index is 1.26. The van der Waals surface area contributed by atoms with Crippen LogP contribution in [-0.2, 0) is 11.3 Å². The summed E-state index contributed by atoms with van der Waals surface area (Å²) in [7, 11) is 0. The van der Waals surface area contributed by atoms with Crippen molar-refractivity contribution in [3.63, 3.8) is 0 Å². The molecule has 4 aliphatic rings. The number of halogens is 3. The molecule has 6 rings (SSSR count). The van der Waals surface area contributed by atoms with Crippen LogP contribution in [0.2, 0.25) is 0 Å². The summed E-state index contributed by atoms with van der Waals surface area (Å²) >= 11 is 0. The standard InChI is InChI=1S/C23H24F3NO3/c24-23(25,26)29-19-4-2-1-3-17(19)21-18(22(30-27-21)12-5-6-12)11-28-16-9-14-7-13-8-15(10-16)20(13)14/h1-4,12-16,20H,5-11H2/t13?,14-,15+,16+,20?. The summed E-state index contributed by atoms with van der Waals surface area (Å²) in [6.45, 7) is 0.323. The number of rotatable bonds is 6. The molecule has 4 nitrogen and oxygen atoms in total. The lowest BCUT2D eigenvalue weighted by Gasteiger charge is -2.63. The molecule has 0 saturated heterocycles. The van der Waals surface area contributed by atoms with E-state index in [0.717, 1.165) is 60.7 Å². The highest BCUT2D eigenvalue weighted by Crippen LogP contribution is 2.63. The second-order valence-corrected chi connectivity index (χ2v) is 9.43. The molecule has 1 aromatic carbocycles. The predicted octanol–water partition coefficient (Wildman–Crippen LogP) is 6.07. The molecule has 0 bridgehead atoms. The van der Waals surface area contributed by atoms with Gasteiger partial charge in [-0.1, -0.05) is 17.3 Å². The zero-order chi connectivity index (χ0) is 20.5. The lowest BCUT2D eigenvalue weighted by Crippen LogP contribution is -2.56. The molecule has 0 N–H and O–H groups in total. The highest BCUT2D eigenvalue weighted by Gasteiger charge is 2.57. The molecule has 0 aliphatic heterocycles. The topological polar surface area (TPSA) is 44.5 Å². The Morgan fingerprint density at radius 1 is 1.00 bits per heavy atom. The van der Waals surface area contributed by atoms with E-state index in [2.05, 4.69) is 9.89 Å². The summed E-state index contributed by atoms with van der Waals surface area (Å²) in [4.78, 5) is 0. The third kappa shape index (κ3) is 3.22. The molecule has 5 atom stereocenters. The zero-order valence-electron chi connectivity index (χ0n) is 16.5. The number of para-hydroxylation sites is 1. The van der Waals surface area contributed by atoms with Gasteiger partial charge in [-0.05, 0) is 74.3 Å². The Morgan fingerprint density at radius 3 is 2.37 bits per heavy atom. The Morgan fingerprint density at radius 2 is 1.70 bits per heavy atom. The molecule has 0 spiro atoms. The van der Waals surface area contributed by atoms with E-state index in [1.165, 1.54) is 25.0 Å². The molecule has 7 heteroatoms. The van der Waals surface area contributed by atoms with Crippen LogP contribution in [0.1, 0.15) is 55.8 Å². The molecule has 1 heterocycles. The maximum absolute atomic E-state index is 12.9. The fourth-order valence-corrected chi connectivity index (χ4v) is 6.10. The summed E-state index contributed by atoms with van der Waals surface area (Å²) in [5.74, 6) is 4.29. The number of ether oxygens (including phenoxy) is 2. The first-order valence-electron chi connectivity index (χ1n) is 10.9. The van der Waals surface area contributed by atoms with Gasteiger partial charge in [0.2, 0.25) is 0 Å². The van der Waals surface area contributed by atoms with E-state index in [1.807, 2.05) is 0 Å². The van der Waals surface area contributed by atoms with Crippen LogP contribution in [0.3, 0.4) is 0 Å². The van der Waals surface area contributed by atoms with Crippen molar-refractivity contribution in [3.05, 3.63) is 35.6 Å². The zero-order valence-corrected chi connectivity index (χ0v) is 16.5. The van der Waals surface area contributed by atoms with Crippen molar-refractivity contribution in [1.29, 1.82) is 0 Å². The van der Waals surface area contributed by atoms with Crippen molar-refractivity contribution < 1.29 is 27.2 Å². The summed E-state index contributed by atoms with van der Waals surface area (Å²) in [5, 5.41) is 4.16. The molecule has 4 saturated carbocycles. The fraction of sp³-hybridized carbons (Fsp3) is 0.609. The molecular weight excluding hydrogens is 395 g/mol. The third-order valence-electron chi connectivity index (χ3n) is 7.57. The molecule has 0 amide bonds. The van der Waals surface area contributed by atoms with Gasteiger partial charge in [-0.15, -0.1) is 13.2 Å². The molecule has 0 radical (unpaired) electrons. The predicted molar refractivity (Wildman–Crippen MR) is 102 cm³/mol. The van der Waals surface area contributed by atoms with Crippen molar-refractivity contribution in [2.24, 2.45) is 23.7 Å². The summed E-state index contributed by atoms with van der Waals surface area (Å²) in [6, 6.07) is 6.10. The number of benzene rings is 1. The van der Waals surface area contributed by atoms with Crippen LogP contribution in [0.5, 0.6) is 5.75 Å². The van der Waals surface area contributed by atoms with Crippen LogP contribution in [0, 0.1) is 23.7 Å².